The number of anilines is 1. The highest BCUT2D eigenvalue weighted by molar-refractivity contribution is 6.03. The summed E-state index contributed by atoms with van der Waals surface area (Å²) in [5, 5.41) is 10.3. The zero-order valence-electron chi connectivity index (χ0n) is 16.4. The smallest absolute Gasteiger partial charge is 0.321 e. The Balaban J connectivity index is 1.63. The van der Waals surface area contributed by atoms with E-state index in [1.807, 2.05) is 6.07 Å². The molecule has 166 valence electrons. The van der Waals surface area contributed by atoms with Crippen molar-refractivity contribution in [2.24, 2.45) is 0 Å². The Morgan fingerprint density at radius 2 is 1.88 bits per heavy atom. The fraction of sp³-hybridized carbons (Fsp3) is 0.200. The molecular weight excluding hydrogens is 435 g/mol. The third-order valence-corrected chi connectivity index (χ3v) is 4.55. The normalized spacial score (nSPS) is 12.3. The second kappa shape index (κ2) is 7.70. The summed E-state index contributed by atoms with van der Waals surface area (Å²) in [6.07, 6.45) is -2.44. The van der Waals surface area contributed by atoms with Gasteiger partial charge in [-0.2, -0.15) is 32.1 Å². The molecule has 0 aliphatic heterocycles. The van der Waals surface area contributed by atoms with Crippen molar-refractivity contribution in [2.45, 2.75) is 25.6 Å². The van der Waals surface area contributed by atoms with Crippen LogP contribution in [0.4, 0.5) is 27.6 Å². The van der Waals surface area contributed by atoms with Gasteiger partial charge in [0.2, 0.25) is 0 Å². The van der Waals surface area contributed by atoms with E-state index < -0.39 is 23.7 Å². The van der Waals surface area contributed by atoms with Crippen LogP contribution in [0.15, 0.2) is 54.9 Å². The highest BCUT2D eigenvalue weighted by Gasteiger charge is 2.60. The summed E-state index contributed by atoms with van der Waals surface area (Å²) in [7, 11) is 0. The van der Waals surface area contributed by atoms with Crippen molar-refractivity contribution >= 4 is 17.2 Å². The van der Waals surface area contributed by atoms with Crippen LogP contribution in [0.25, 0.3) is 5.65 Å². The van der Waals surface area contributed by atoms with Crippen molar-refractivity contribution < 1.29 is 26.7 Å². The Morgan fingerprint density at radius 3 is 2.56 bits per heavy atom. The fourth-order valence-electron chi connectivity index (χ4n) is 3.10. The van der Waals surface area contributed by atoms with Gasteiger partial charge < -0.3 is 5.32 Å². The Kier molecular flexibility index (Phi) is 5.15. The third kappa shape index (κ3) is 4.03. The zero-order valence-corrected chi connectivity index (χ0v) is 16.4. The van der Waals surface area contributed by atoms with Gasteiger partial charge in [-0.25, -0.2) is 9.50 Å². The number of carbonyl (C=O) groups is 1. The average molecular weight is 450 g/mol. The van der Waals surface area contributed by atoms with Crippen LogP contribution in [0.2, 0.25) is 0 Å². The van der Waals surface area contributed by atoms with Crippen LogP contribution < -0.4 is 5.32 Å². The van der Waals surface area contributed by atoms with Crippen LogP contribution in [0.1, 0.15) is 27.4 Å². The molecule has 0 aliphatic carbocycles. The van der Waals surface area contributed by atoms with E-state index in [0.29, 0.717) is 22.8 Å². The molecule has 3 aromatic heterocycles. The van der Waals surface area contributed by atoms with E-state index in [-0.39, 0.29) is 17.0 Å². The standard InChI is InChI=1S/C20H15F5N6O/c1-12-8-16(19(21,22)20(23,24)25)31-17(27-12)10-15(29-31)18(32)28-14-5-2-4-13(9-14)11-30-7-3-6-26-30/h2-10H,11H2,1H3,(H,28,32). The Bertz CT molecular complexity index is 1280. The lowest BCUT2D eigenvalue weighted by Gasteiger charge is -2.20. The first kappa shape index (κ1) is 21.4. The average Bonchev–Trinajstić information content (AvgIpc) is 3.36. The van der Waals surface area contributed by atoms with Crippen molar-refractivity contribution in [3.63, 3.8) is 0 Å². The van der Waals surface area contributed by atoms with Crippen LogP contribution in [0.5, 0.6) is 0 Å². The van der Waals surface area contributed by atoms with Gasteiger partial charge in [0.05, 0.1) is 6.54 Å². The molecule has 0 radical (unpaired) electrons. The molecule has 0 bridgehead atoms. The Hall–Kier alpha value is -3.83. The SMILES string of the molecule is Cc1cc(C(F)(F)C(F)(F)F)n2nc(C(=O)Nc3cccc(Cn4cccn4)c3)cc2n1. The number of nitrogens with one attached hydrogen (secondary N) is 1. The van der Waals surface area contributed by atoms with Gasteiger partial charge in [0.25, 0.3) is 5.91 Å². The number of benzene rings is 1. The van der Waals surface area contributed by atoms with Crippen LogP contribution in [0, 0.1) is 6.92 Å². The molecule has 0 unspecified atom stereocenters. The molecule has 0 saturated heterocycles. The first-order valence-corrected chi connectivity index (χ1v) is 9.25. The number of hydrogen-bond acceptors (Lipinski definition) is 4. The number of carbonyl (C=O) groups excluding carboxylic acids is 1. The van der Waals surface area contributed by atoms with E-state index in [4.69, 9.17) is 0 Å². The minimum atomic E-state index is -5.84. The van der Waals surface area contributed by atoms with Crippen LogP contribution >= 0.6 is 0 Å². The van der Waals surface area contributed by atoms with E-state index in [2.05, 4.69) is 20.5 Å². The summed E-state index contributed by atoms with van der Waals surface area (Å²) in [5.74, 6) is -5.97. The molecule has 1 N–H and O–H groups in total. The number of amides is 1. The molecule has 0 atom stereocenters. The molecule has 7 nitrogen and oxygen atoms in total. The van der Waals surface area contributed by atoms with Gasteiger partial charge in [0, 0.05) is 29.8 Å². The van der Waals surface area contributed by atoms with Crippen molar-refractivity contribution in [1.82, 2.24) is 24.4 Å². The molecule has 1 aromatic carbocycles. The Labute approximate surface area is 177 Å². The summed E-state index contributed by atoms with van der Waals surface area (Å²) < 4.78 is 68.8. The number of hydrogen-bond donors (Lipinski definition) is 1. The number of rotatable bonds is 5. The first-order valence-electron chi connectivity index (χ1n) is 9.25. The molecule has 1 amide bonds. The molecule has 0 saturated carbocycles. The molecule has 0 aliphatic rings. The van der Waals surface area contributed by atoms with Gasteiger partial charge in [-0.3, -0.25) is 9.48 Å². The van der Waals surface area contributed by atoms with Gasteiger partial charge in [-0.15, -0.1) is 0 Å². The summed E-state index contributed by atoms with van der Waals surface area (Å²) in [6, 6.07) is 10.2. The van der Waals surface area contributed by atoms with Gasteiger partial charge in [0.15, 0.2) is 11.3 Å². The van der Waals surface area contributed by atoms with Gasteiger partial charge in [-0.05, 0) is 36.8 Å². The molecular formula is C20H15F5N6O. The maximum atomic E-state index is 14.0. The molecule has 12 heteroatoms. The summed E-state index contributed by atoms with van der Waals surface area (Å²) in [6.45, 7) is 1.72. The summed E-state index contributed by atoms with van der Waals surface area (Å²) in [5.41, 5.74) is -0.948. The minimum absolute atomic E-state index is 0.0744. The topological polar surface area (TPSA) is 77.1 Å². The summed E-state index contributed by atoms with van der Waals surface area (Å²) in [4.78, 5) is 16.5. The fourth-order valence-corrected chi connectivity index (χ4v) is 3.10. The summed E-state index contributed by atoms with van der Waals surface area (Å²) >= 11 is 0. The monoisotopic (exact) mass is 450 g/mol. The van der Waals surface area contributed by atoms with Gasteiger partial charge in [0.1, 0.15) is 5.69 Å². The minimum Gasteiger partial charge on any atom is -0.321 e. The molecule has 0 spiro atoms. The number of halogens is 5. The molecule has 0 fully saturated rings. The van der Waals surface area contributed by atoms with Crippen molar-refractivity contribution in [1.29, 1.82) is 0 Å². The van der Waals surface area contributed by atoms with E-state index in [9.17, 15) is 26.7 Å². The van der Waals surface area contributed by atoms with Crippen molar-refractivity contribution in [2.75, 3.05) is 5.32 Å². The van der Waals surface area contributed by atoms with Crippen LogP contribution in [-0.4, -0.2) is 36.5 Å². The maximum absolute atomic E-state index is 14.0. The number of nitrogens with zero attached hydrogens (tertiary/aromatic N) is 5. The second-order valence-electron chi connectivity index (χ2n) is 7.01. The first-order chi connectivity index (χ1) is 15.0. The lowest BCUT2D eigenvalue weighted by atomic mass is 10.2. The molecule has 32 heavy (non-hydrogen) atoms. The zero-order chi connectivity index (χ0) is 23.1. The van der Waals surface area contributed by atoms with Crippen molar-refractivity contribution in [3.05, 3.63) is 77.5 Å². The lowest BCUT2D eigenvalue weighted by molar-refractivity contribution is -0.291. The van der Waals surface area contributed by atoms with Gasteiger partial charge >= 0.3 is 12.1 Å². The molecule has 3 heterocycles. The van der Waals surface area contributed by atoms with Crippen molar-refractivity contribution in [3.8, 4) is 0 Å². The lowest BCUT2D eigenvalue weighted by Crippen LogP contribution is -2.36. The molecule has 4 aromatic rings. The van der Waals surface area contributed by atoms with Crippen LogP contribution in [-0.2, 0) is 12.5 Å². The number of aryl methyl sites for hydroxylation is 1. The maximum Gasteiger partial charge on any atom is 0.459 e. The largest absolute Gasteiger partial charge is 0.459 e. The van der Waals surface area contributed by atoms with E-state index >= 15 is 0 Å². The second-order valence-corrected chi connectivity index (χ2v) is 7.01. The number of alkyl halides is 5. The van der Waals surface area contributed by atoms with Crippen LogP contribution in [0.3, 0.4) is 0 Å². The number of fused-ring (bicyclic) bond motifs is 1. The number of aromatic nitrogens is 5. The predicted octanol–water partition coefficient (Wildman–Crippen LogP) is 4.19. The van der Waals surface area contributed by atoms with E-state index in [1.54, 1.807) is 41.3 Å². The van der Waals surface area contributed by atoms with E-state index in [1.165, 1.54) is 6.92 Å². The third-order valence-electron chi connectivity index (χ3n) is 4.55. The molecule has 4 rings (SSSR count). The Morgan fingerprint density at radius 1 is 1.09 bits per heavy atom. The highest BCUT2D eigenvalue weighted by atomic mass is 19.4. The van der Waals surface area contributed by atoms with E-state index in [0.717, 1.165) is 11.6 Å². The highest BCUT2D eigenvalue weighted by Crippen LogP contribution is 2.43. The van der Waals surface area contributed by atoms with Gasteiger partial charge in [-0.1, -0.05) is 12.1 Å². The quantitative estimate of drug-likeness (QED) is 0.463. The predicted molar refractivity (Wildman–Crippen MR) is 103 cm³/mol.